The summed E-state index contributed by atoms with van der Waals surface area (Å²) in [6.45, 7) is 4.26. The smallest absolute Gasteiger partial charge is 0.416 e. The number of pyridine rings is 1. The molecule has 2 aliphatic rings. The van der Waals surface area contributed by atoms with Gasteiger partial charge in [0.25, 0.3) is 0 Å². The van der Waals surface area contributed by atoms with E-state index < -0.39 is 41.7 Å². The van der Waals surface area contributed by atoms with Gasteiger partial charge in [-0.1, -0.05) is 19.3 Å². The van der Waals surface area contributed by atoms with E-state index in [0.717, 1.165) is 43.4 Å². The number of hydrogen-bond acceptors (Lipinski definition) is 5. The molecule has 1 aromatic carbocycles. The van der Waals surface area contributed by atoms with E-state index in [2.05, 4.69) is 10.00 Å². The first-order chi connectivity index (χ1) is 20.3. The number of carbonyl (C=O) groups excluding carboxylic acids is 1. The lowest BCUT2D eigenvalue weighted by molar-refractivity contribution is -0.143. The van der Waals surface area contributed by atoms with Crippen LogP contribution >= 0.6 is 0 Å². The van der Waals surface area contributed by atoms with Crippen molar-refractivity contribution in [1.82, 2.24) is 19.7 Å². The quantitative estimate of drug-likeness (QED) is 0.256. The number of nitrogens with zero attached hydrogens (tertiary/aromatic N) is 5. The highest BCUT2D eigenvalue weighted by atomic mass is 19.4. The van der Waals surface area contributed by atoms with E-state index in [0.29, 0.717) is 30.1 Å². The first-order valence-corrected chi connectivity index (χ1v) is 14.3. The third kappa shape index (κ3) is 6.30. The molecule has 5 rings (SSSR count). The average molecular weight is 610 g/mol. The first kappa shape index (κ1) is 30.7. The number of rotatable bonds is 7. The van der Waals surface area contributed by atoms with Crippen LogP contribution in [0.15, 0.2) is 42.7 Å². The van der Waals surface area contributed by atoms with Gasteiger partial charge < -0.3 is 9.64 Å². The molecule has 1 aliphatic heterocycles. The second kappa shape index (κ2) is 11.7. The Morgan fingerprint density at radius 2 is 1.65 bits per heavy atom. The molecule has 13 heteroatoms. The van der Waals surface area contributed by atoms with E-state index >= 15 is 0 Å². The van der Waals surface area contributed by atoms with Crippen molar-refractivity contribution in [2.24, 2.45) is 7.05 Å². The second-order valence-corrected chi connectivity index (χ2v) is 11.1. The van der Waals surface area contributed by atoms with Gasteiger partial charge in [0.15, 0.2) is 0 Å². The maximum Gasteiger partial charge on any atom is 0.416 e. The molecule has 2 fully saturated rings. The molecule has 1 amide bonds. The van der Waals surface area contributed by atoms with Crippen molar-refractivity contribution in [3.05, 3.63) is 65.0 Å². The zero-order valence-electron chi connectivity index (χ0n) is 24.0. The van der Waals surface area contributed by atoms with Gasteiger partial charge in [-0.2, -0.15) is 31.4 Å². The van der Waals surface area contributed by atoms with Gasteiger partial charge in [0.1, 0.15) is 11.9 Å². The summed E-state index contributed by atoms with van der Waals surface area (Å²) in [6.07, 6.45) is -3.45. The minimum absolute atomic E-state index is 0.00116. The van der Waals surface area contributed by atoms with E-state index in [4.69, 9.17) is 9.72 Å². The Balaban J connectivity index is 1.52. The summed E-state index contributed by atoms with van der Waals surface area (Å²) in [5, 5.41) is 4.22. The van der Waals surface area contributed by atoms with Gasteiger partial charge in [0.05, 0.1) is 29.4 Å². The number of amides is 1. The van der Waals surface area contributed by atoms with Crippen LogP contribution in [0.1, 0.15) is 74.3 Å². The van der Waals surface area contributed by atoms with Gasteiger partial charge in [0.2, 0.25) is 0 Å². The molecular formula is C30H33F6N5O2. The molecule has 3 aromatic rings. The molecule has 0 unspecified atom stereocenters. The van der Waals surface area contributed by atoms with Crippen LogP contribution in [0.5, 0.6) is 0 Å². The molecule has 0 radical (unpaired) electrons. The van der Waals surface area contributed by atoms with Crippen LogP contribution in [0.25, 0.3) is 11.3 Å². The fourth-order valence-electron chi connectivity index (χ4n) is 6.14. The maximum atomic E-state index is 13.5. The fourth-order valence-corrected chi connectivity index (χ4v) is 6.14. The highest BCUT2D eigenvalue weighted by molar-refractivity contribution is 5.72. The molecular weight excluding hydrogens is 576 g/mol. The Bertz CT molecular complexity index is 1430. The molecule has 2 atom stereocenters. The van der Waals surface area contributed by atoms with Crippen molar-refractivity contribution in [3.8, 4) is 11.3 Å². The Hall–Kier alpha value is -3.77. The van der Waals surface area contributed by atoms with Crippen molar-refractivity contribution in [2.75, 3.05) is 11.4 Å². The molecule has 2 aromatic heterocycles. The molecule has 43 heavy (non-hydrogen) atoms. The summed E-state index contributed by atoms with van der Waals surface area (Å²) in [5.41, 5.74) is -1.05. The van der Waals surface area contributed by atoms with Gasteiger partial charge >= 0.3 is 18.4 Å². The molecule has 7 nitrogen and oxygen atoms in total. The predicted molar refractivity (Wildman–Crippen MR) is 147 cm³/mol. The maximum absolute atomic E-state index is 13.5. The number of aryl methyl sites for hydroxylation is 1. The number of hydrogen-bond donors (Lipinski definition) is 0. The predicted octanol–water partition coefficient (Wildman–Crippen LogP) is 7.76. The number of alkyl halides is 6. The molecule has 0 spiro atoms. The van der Waals surface area contributed by atoms with Crippen molar-refractivity contribution in [3.63, 3.8) is 0 Å². The van der Waals surface area contributed by atoms with Crippen molar-refractivity contribution in [2.45, 2.75) is 83.0 Å². The largest absolute Gasteiger partial charge is 0.439 e. The number of aromatic nitrogens is 3. The van der Waals surface area contributed by atoms with Gasteiger partial charge in [-0.05, 0) is 62.6 Å². The van der Waals surface area contributed by atoms with E-state index in [9.17, 15) is 31.1 Å². The fraction of sp³-hybridized carbons (Fsp3) is 0.500. The monoisotopic (exact) mass is 609 g/mol. The van der Waals surface area contributed by atoms with Crippen LogP contribution in [-0.4, -0.2) is 44.4 Å². The number of halogens is 6. The van der Waals surface area contributed by atoms with E-state index in [1.807, 2.05) is 19.1 Å². The molecule has 3 heterocycles. The van der Waals surface area contributed by atoms with Crippen molar-refractivity contribution >= 4 is 11.9 Å². The molecule has 0 N–H and O–H groups in total. The molecule has 0 bridgehead atoms. The summed E-state index contributed by atoms with van der Waals surface area (Å²) in [6, 6.07) is 4.42. The Morgan fingerprint density at radius 3 is 2.21 bits per heavy atom. The zero-order chi connectivity index (χ0) is 31.1. The lowest BCUT2D eigenvalue weighted by atomic mass is 9.93. The molecule has 1 aliphatic carbocycles. The Labute approximate surface area is 245 Å². The van der Waals surface area contributed by atoms with Crippen LogP contribution < -0.4 is 4.90 Å². The first-order valence-electron chi connectivity index (χ1n) is 14.3. The van der Waals surface area contributed by atoms with E-state index in [1.165, 1.54) is 4.90 Å². The van der Waals surface area contributed by atoms with Crippen LogP contribution in [0.4, 0.5) is 37.0 Å². The zero-order valence-corrected chi connectivity index (χ0v) is 24.0. The third-order valence-electron chi connectivity index (χ3n) is 8.36. The standard InChI is InChI=1S/C30H33F6N5O2/c1-4-40(24-8-6-5-7-9-24)27-21(12-20(16-37-27)25-10-11-38-39(25)3)17-41-18(2)26(43-28(41)42)19-13-22(29(31,32)33)15-23(14-19)30(34,35)36/h10-16,18,24,26H,4-9,17H2,1-3H3/t18-,26-/m0/s1. The average Bonchev–Trinajstić information content (AvgIpc) is 3.51. The third-order valence-corrected chi connectivity index (χ3v) is 8.36. The van der Waals surface area contributed by atoms with Gasteiger partial charge in [-0.15, -0.1) is 0 Å². The highest BCUT2D eigenvalue weighted by Gasteiger charge is 2.43. The number of cyclic esters (lactones) is 1. The van der Waals surface area contributed by atoms with Gasteiger partial charge in [-0.25, -0.2) is 9.78 Å². The van der Waals surface area contributed by atoms with E-state index in [-0.39, 0.29) is 24.2 Å². The molecule has 1 saturated carbocycles. The SMILES string of the molecule is CCN(c1ncc(-c2ccnn2C)cc1CN1C(=O)O[C@H](c2cc(C(F)(F)F)cc(C(F)(F)F)c2)[C@@H]1C)C1CCCCC1. The van der Waals surface area contributed by atoms with Crippen molar-refractivity contribution in [1.29, 1.82) is 0 Å². The Morgan fingerprint density at radius 1 is 1.00 bits per heavy atom. The minimum Gasteiger partial charge on any atom is -0.439 e. The van der Waals surface area contributed by atoms with E-state index in [1.54, 1.807) is 31.0 Å². The number of benzene rings is 1. The molecule has 232 valence electrons. The van der Waals surface area contributed by atoms with Crippen molar-refractivity contribution < 1.29 is 35.9 Å². The number of ether oxygens (including phenoxy) is 1. The number of anilines is 1. The minimum atomic E-state index is -5.02. The summed E-state index contributed by atoms with van der Waals surface area (Å²) in [5.74, 6) is 0.683. The summed E-state index contributed by atoms with van der Waals surface area (Å²) >= 11 is 0. The lowest BCUT2D eigenvalue weighted by Crippen LogP contribution is -2.39. The van der Waals surface area contributed by atoms with Crippen LogP contribution in [0.3, 0.4) is 0 Å². The van der Waals surface area contributed by atoms with Crippen LogP contribution in [0, 0.1) is 0 Å². The highest BCUT2D eigenvalue weighted by Crippen LogP contribution is 2.42. The lowest BCUT2D eigenvalue weighted by Gasteiger charge is -2.36. The normalized spacial score (nSPS) is 20.0. The summed E-state index contributed by atoms with van der Waals surface area (Å²) in [4.78, 5) is 21.5. The number of carbonyl (C=O) groups is 1. The Kier molecular flexibility index (Phi) is 8.36. The summed E-state index contributed by atoms with van der Waals surface area (Å²) in [7, 11) is 1.79. The van der Waals surface area contributed by atoms with Gasteiger partial charge in [0, 0.05) is 43.2 Å². The van der Waals surface area contributed by atoms with Gasteiger partial charge in [-0.3, -0.25) is 9.58 Å². The topological polar surface area (TPSA) is 63.5 Å². The van der Waals surface area contributed by atoms with Crippen LogP contribution in [0.2, 0.25) is 0 Å². The second-order valence-electron chi connectivity index (χ2n) is 11.1. The molecule has 1 saturated heterocycles. The summed E-state index contributed by atoms with van der Waals surface area (Å²) < 4.78 is 88.4. The van der Waals surface area contributed by atoms with Crippen LogP contribution in [-0.2, 0) is 30.7 Å².